The second-order valence-corrected chi connectivity index (χ2v) is 11.3. The zero-order chi connectivity index (χ0) is 28.6. The number of aromatic carboxylic acids is 1. The molecule has 39 heavy (non-hydrogen) atoms. The van der Waals surface area contributed by atoms with Gasteiger partial charge >= 0.3 is 5.97 Å². The highest BCUT2D eigenvalue weighted by Gasteiger charge is 2.26. The molecule has 0 spiro atoms. The smallest absolute Gasteiger partial charge is 0.335 e. The Balaban J connectivity index is 0.000000648. The van der Waals surface area contributed by atoms with Gasteiger partial charge in [0.2, 0.25) is 5.95 Å². The second kappa shape index (κ2) is 10.9. The van der Waals surface area contributed by atoms with Crippen LogP contribution in [0.15, 0.2) is 41.2 Å². The molecule has 2 aromatic heterocycles. The molecular formula is C25H27ClFN5O6S. The second-order valence-electron chi connectivity index (χ2n) is 9.41. The predicted octanol–water partition coefficient (Wildman–Crippen LogP) is 2.86. The number of halogens is 2. The molecule has 1 atom stereocenters. The van der Waals surface area contributed by atoms with Crippen molar-refractivity contribution in [1.29, 1.82) is 0 Å². The number of piperidine rings is 1. The molecule has 11 nitrogen and oxygen atoms in total. The number of rotatable bonds is 4. The highest BCUT2D eigenvalue weighted by molar-refractivity contribution is 7.85. The van der Waals surface area contributed by atoms with E-state index in [1.807, 2.05) is 4.90 Å². The lowest BCUT2D eigenvalue weighted by molar-refractivity contribution is 0.0697. The minimum Gasteiger partial charge on any atom is -0.478 e. The van der Waals surface area contributed by atoms with Crippen molar-refractivity contribution in [2.24, 2.45) is 12.8 Å². The molecule has 14 heteroatoms. The molecule has 0 unspecified atom stereocenters. The van der Waals surface area contributed by atoms with Gasteiger partial charge in [0.25, 0.3) is 15.7 Å². The van der Waals surface area contributed by atoms with Crippen molar-refractivity contribution in [3.63, 3.8) is 0 Å². The third-order valence-corrected chi connectivity index (χ3v) is 6.76. The molecule has 1 saturated heterocycles. The van der Waals surface area contributed by atoms with E-state index in [4.69, 9.17) is 26.9 Å². The topological polar surface area (TPSA) is 161 Å². The van der Waals surface area contributed by atoms with Crippen molar-refractivity contribution in [1.82, 2.24) is 14.1 Å². The zero-order valence-electron chi connectivity index (χ0n) is 21.1. The third kappa shape index (κ3) is 6.22. The summed E-state index contributed by atoms with van der Waals surface area (Å²) in [7, 11) is -2.03. The molecule has 2 aromatic carbocycles. The van der Waals surface area contributed by atoms with Gasteiger partial charge in [0.1, 0.15) is 16.9 Å². The summed E-state index contributed by atoms with van der Waals surface area (Å²) in [6, 6.07) is 8.66. The Labute approximate surface area is 228 Å². The van der Waals surface area contributed by atoms with Crippen LogP contribution in [0.25, 0.3) is 21.9 Å². The van der Waals surface area contributed by atoms with E-state index in [1.165, 1.54) is 34.9 Å². The van der Waals surface area contributed by atoms with E-state index in [1.54, 1.807) is 17.7 Å². The van der Waals surface area contributed by atoms with Crippen molar-refractivity contribution in [2.75, 3.05) is 24.2 Å². The Kier molecular flexibility index (Phi) is 7.98. The van der Waals surface area contributed by atoms with Crippen LogP contribution in [-0.2, 0) is 23.7 Å². The average molecular weight is 580 g/mol. The predicted molar refractivity (Wildman–Crippen MR) is 147 cm³/mol. The number of nitrogens with zero attached hydrogens (tertiary/aromatic N) is 4. The Morgan fingerprint density at radius 1 is 1.26 bits per heavy atom. The largest absolute Gasteiger partial charge is 0.478 e. The molecule has 0 bridgehead atoms. The van der Waals surface area contributed by atoms with Gasteiger partial charge in [-0.1, -0.05) is 11.6 Å². The molecule has 1 fully saturated rings. The van der Waals surface area contributed by atoms with Crippen molar-refractivity contribution in [3.8, 4) is 0 Å². The van der Waals surface area contributed by atoms with Crippen LogP contribution in [0.4, 0.5) is 10.3 Å². The normalized spacial score (nSPS) is 15.8. The van der Waals surface area contributed by atoms with Crippen LogP contribution in [0.2, 0.25) is 5.02 Å². The van der Waals surface area contributed by atoms with Crippen LogP contribution in [0.1, 0.15) is 28.8 Å². The van der Waals surface area contributed by atoms with E-state index in [2.05, 4.69) is 0 Å². The molecule has 1 aliphatic rings. The maximum Gasteiger partial charge on any atom is 0.335 e. The van der Waals surface area contributed by atoms with Crippen molar-refractivity contribution in [3.05, 3.63) is 68.7 Å². The van der Waals surface area contributed by atoms with Crippen molar-refractivity contribution in [2.45, 2.75) is 25.4 Å². The van der Waals surface area contributed by atoms with Crippen LogP contribution >= 0.6 is 11.6 Å². The molecule has 208 valence electrons. The molecule has 5 rings (SSSR count). The summed E-state index contributed by atoms with van der Waals surface area (Å²) in [6.45, 7) is 1.37. The van der Waals surface area contributed by atoms with Gasteiger partial charge in [0, 0.05) is 36.6 Å². The van der Waals surface area contributed by atoms with Crippen molar-refractivity contribution < 1.29 is 27.3 Å². The lowest BCUT2D eigenvalue weighted by atomic mass is 10.1. The minimum absolute atomic E-state index is 0.0436. The molecule has 4 aromatic rings. The fraction of sp³-hybridized carbons (Fsp3) is 0.320. The highest BCUT2D eigenvalue weighted by Crippen LogP contribution is 2.31. The number of nitrogens with two attached hydrogens (primary N) is 1. The van der Waals surface area contributed by atoms with E-state index in [0.717, 1.165) is 12.8 Å². The number of anilines is 1. The van der Waals surface area contributed by atoms with Crippen LogP contribution in [0, 0.1) is 5.82 Å². The number of benzene rings is 2. The first-order valence-corrected chi connectivity index (χ1v) is 14.1. The number of carboxylic acids is 1. The zero-order valence-corrected chi connectivity index (χ0v) is 22.7. The van der Waals surface area contributed by atoms with E-state index >= 15 is 0 Å². The van der Waals surface area contributed by atoms with Gasteiger partial charge in [0.05, 0.1) is 23.9 Å². The Bertz CT molecular complexity index is 1750. The maximum absolute atomic E-state index is 14.0. The van der Waals surface area contributed by atoms with Gasteiger partial charge < -0.3 is 24.9 Å². The van der Waals surface area contributed by atoms with Crippen molar-refractivity contribution >= 4 is 55.6 Å². The lowest BCUT2D eigenvalue weighted by Crippen LogP contribution is -2.44. The van der Waals surface area contributed by atoms with E-state index < -0.39 is 21.9 Å². The first-order valence-electron chi connectivity index (χ1n) is 11.9. The molecular weight excluding hydrogens is 553 g/mol. The Morgan fingerprint density at radius 2 is 1.95 bits per heavy atom. The minimum atomic E-state index is -3.67. The fourth-order valence-corrected chi connectivity index (χ4v) is 4.86. The molecule has 0 aliphatic carbocycles. The third-order valence-electron chi connectivity index (χ3n) is 6.39. The number of pyridine rings is 1. The number of aryl methyl sites for hydroxylation is 1. The van der Waals surface area contributed by atoms with E-state index in [0.29, 0.717) is 57.8 Å². The quantitative estimate of drug-likeness (QED) is 0.309. The van der Waals surface area contributed by atoms with Gasteiger partial charge in [-0.3, -0.25) is 9.35 Å². The number of imidazole rings is 1. The summed E-state index contributed by atoms with van der Waals surface area (Å²) in [6.07, 6.45) is 2.47. The monoisotopic (exact) mass is 579 g/mol. The summed E-state index contributed by atoms with van der Waals surface area (Å²) in [5.41, 5.74) is 7.78. The first-order chi connectivity index (χ1) is 18.2. The Hall–Kier alpha value is -3.52. The van der Waals surface area contributed by atoms with E-state index in [9.17, 15) is 27.5 Å². The van der Waals surface area contributed by atoms with Gasteiger partial charge in [0.15, 0.2) is 0 Å². The van der Waals surface area contributed by atoms with Crippen LogP contribution in [-0.4, -0.2) is 63.6 Å². The van der Waals surface area contributed by atoms with Gasteiger partial charge in [-0.15, -0.1) is 0 Å². The molecule has 1 aliphatic heterocycles. The summed E-state index contributed by atoms with van der Waals surface area (Å²) in [4.78, 5) is 32.0. The first kappa shape index (κ1) is 28.5. The number of carboxylic acid groups (broad SMARTS) is 1. The Morgan fingerprint density at radius 3 is 2.59 bits per heavy atom. The average Bonchev–Trinajstić information content (AvgIpc) is 3.23. The summed E-state index contributed by atoms with van der Waals surface area (Å²) >= 11 is 6.36. The fourth-order valence-electron chi connectivity index (χ4n) is 4.68. The number of aromatic nitrogens is 3. The van der Waals surface area contributed by atoms with Crippen LogP contribution < -0.4 is 16.2 Å². The SMILES string of the molecule is CS(=O)(=O)O.Cn1c(=O)c2c(nc(N3CCC[C@@H](N)C3)n2Cc2cc(F)ccc2Cl)c2cc(C(=O)O)ccc21. The van der Waals surface area contributed by atoms with E-state index in [-0.39, 0.29) is 23.7 Å². The van der Waals surface area contributed by atoms with Gasteiger partial charge in [-0.25, -0.2) is 14.2 Å². The summed E-state index contributed by atoms with van der Waals surface area (Å²) < 4.78 is 43.1. The lowest BCUT2D eigenvalue weighted by Gasteiger charge is -2.32. The maximum atomic E-state index is 14.0. The molecule has 4 N–H and O–H groups in total. The molecule has 0 saturated carbocycles. The van der Waals surface area contributed by atoms with Crippen LogP contribution in [0.5, 0.6) is 0 Å². The molecule has 0 amide bonds. The molecule has 3 heterocycles. The summed E-state index contributed by atoms with van der Waals surface area (Å²) in [5.74, 6) is -0.984. The highest BCUT2D eigenvalue weighted by atomic mass is 35.5. The number of hydrogen-bond donors (Lipinski definition) is 3. The number of carbonyl (C=O) groups is 1. The standard InChI is InChI=1S/C24H23ClFN5O3.CH4O3S/c1-29-19-7-4-13(23(33)34)10-17(19)20-21(22(29)32)31(11-14-9-15(26)5-6-18(14)25)24(28-20)30-8-2-3-16(27)12-30;1-5(2,3)4/h4-7,9-10,16H,2-3,8,11-12,27H2,1H3,(H,33,34);1H3,(H,2,3,4)/t16-;/m1./s1. The van der Waals surface area contributed by atoms with Gasteiger partial charge in [-0.2, -0.15) is 8.42 Å². The number of hydrogen-bond acceptors (Lipinski definition) is 7. The summed E-state index contributed by atoms with van der Waals surface area (Å²) in [5, 5.41) is 10.4. The van der Waals surface area contributed by atoms with Gasteiger partial charge in [-0.05, 0) is 54.8 Å². The molecule has 0 radical (unpaired) electrons. The van der Waals surface area contributed by atoms with Crippen LogP contribution in [0.3, 0.4) is 0 Å². The number of fused-ring (bicyclic) bond motifs is 3.